The maximum Gasteiger partial charge on any atom is 0.0522 e. The smallest absolute Gasteiger partial charge is 0.0522 e. The van der Waals surface area contributed by atoms with Crippen LogP contribution >= 0.6 is 16.1 Å². The summed E-state index contributed by atoms with van der Waals surface area (Å²) in [6.07, 6.45) is 1.43. The molecule has 0 saturated carbocycles. The van der Waals surface area contributed by atoms with Gasteiger partial charge in [-0.3, -0.25) is 0 Å². The van der Waals surface area contributed by atoms with Gasteiger partial charge in [0.15, 0.2) is 0 Å². The van der Waals surface area contributed by atoms with Crippen LogP contribution < -0.4 is 0 Å². The average Bonchev–Trinajstić information content (AvgIpc) is 2.28. The highest BCUT2D eigenvalue weighted by atomic mass is 31.1. The molecule has 0 saturated heterocycles. The van der Waals surface area contributed by atoms with Gasteiger partial charge in [0.25, 0.3) is 0 Å². The van der Waals surface area contributed by atoms with Crippen LogP contribution in [0.1, 0.15) is 6.92 Å². The second-order valence-electron chi connectivity index (χ2n) is 2.47. The zero-order chi connectivity index (χ0) is 12.8. The fourth-order valence-corrected chi connectivity index (χ4v) is 1.30. The number of azide groups is 2. The van der Waals surface area contributed by atoms with E-state index in [0.29, 0.717) is 0 Å². The summed E-state index contributed by atoms with van der Waals surface area (Å²) in [5.74, 6) is 0. The van der Waals surface area contributed by atoms with E-state index in [4.69, 9.17) is 11.1 Å². The molecule has 0 amide bonds. The predicted molar refractivity (Wildman–Crippen MR) is 70.2 cm³/mol. The standard InChI is InChI=1S/C4H11N2P.C2H5N6P/c1-4-7(3)6-5-2;1-9(8-7-4)2-5-6-3/h4H2,1-3H3;2H2,1H3. The van der Waals surface area contributed by atoms with Crippen molar-refractivity contribution in [3.63, 3.8) is 0 Å². The molecular weight excluding hydrogens is 246 g/mol. The molecule has 0 aromatic carbocycles. The van der Waals surface area contributed by atoms with Crippen LogP contribution in [0.15, 0.2) is 20.0 Å². The van der Waals surface area contributed by atoms with Crippen LogP contribution in [0, 0.1) is 0 Å². The molecule has 0 aromatic rings. The van der Waals surface area contributed by atoms with E-state index in [1.165, 1.54) is 0 Å². The van der Waals surface area contributed by atoms with Gasteiger partial charge in [0.1, 0.15) is 0 Å². The Balaban J connectivity index is 0. The molecule has 0 spiro atoms. The van der Waals surface area contributed by atoms with Crippen molar-refractivity contribution in [2.75, 3.05) is 32.8 Å². The van der Waals surface area contributed by atoms with E-state index in [1.54, 1.807) is 13.7 Å². The molecule has 0 fully saturated rings. The maximum absolute atomic E-state index is 7.88. The first-order chi connectivity index (χ1) is 7.62. The first-order valence-electron chi connectivity index (χ1n) is 4.40. The molecule has 0 aromatic heterocycles. The van der Waals surface area contributed by atoms with Gasteiger partial charge in [0.2, 0.25) is 0 Å². The van der Waals surface area contributed by atoms with Gasteiger partial charge in [-0.05, 0) is 38.6 Å². The van der Waals surface area contributed by atoms with Crippen LogP contribution in [-0.2, 0) is 0 Å². The quantitative estimate of drug-likeness (QED) is 0.295. The monoisotopic (exact) mass is 262 g/mol. The first-order valence-corrected chi connectivity index (χ1v) is 8.25. The highest BCUT2D eigenvalue weighted by Crippen LogP contribution is 2.31. The molecule has 0 aliphatic carbocycles. The summed E-state index contributed by atoms with van der Waals surface area (Å²) in [6, 6.07) is 0. The average molecular weight is 262 g/mol. The Hall–Kier alpha value is -0.920. The second-order valence-corrected chi connectivity index (χ2v) is 6.38. The SMILES string of the molecule is CCP(C)N=NC.CP(CN=[N+]=[N-])N=[N+]=[N-]. The van der Waals surface area contributed by atoms with Crippen molar-refractivity contribution in [1.29, 1.82) is 0 Å². The van der Waals surface area contributed by atoms with Crippen molar-refractivity contribution < 1.29 is 0 Å². The molecule has 0 N–H and O–H groups in total. The summed E-state index contributed by atoms with van der Waals surface area (Å²) in [6.45, 7) is 5.98. The molecule has 90 valence electrons. The molecule has 2 unspecified atom stereocenters. The normalized spacial score (nSPS) is 12.8. The number of hydrogen-bond acceptors (Lipinski definition) is 4. The topological polar surface area (TPSA) is 122 Å². The second kappa shape index (κ2) is 14.1. The summed E-state index contributed by atoms with van der Waals surface area (Å²) < 4.78 is 0. The lowest BCUT2D eigenvalue weighted by Crippen LogP contribution is -1.67. The van der Waals surface area contributed by atoms with Crippen molar-refractivity contribution >= 4 is 16.1 Å². The highest BCUT2D eigenvalue weighted by molar-refractivity contribution is 7.55. The maximum atomic E-state index is 7.88. The van der Waals surface area contributed by atoms with Gasteiger partial charge in [-0.1, -0.05) is 16.9 Å². The molecule has 0 aliphatic rings. The van der Waals surface area contributed by atoms with Gasteiger partial charge in [0.05, 0.1) is 6.29 Å². The number of hydrogen-bond donors (Lipinski definition) is 0. The Morgan fingerprint density at radius 2 is 1.75 bits per heavy atom. The van der Waals surface area contributed by atoms with E-state index < -0.39 is 8.07 Å². The number of nitrogens with zero attached hydrogens (tertiary/aromatic N) is 8. The third-order valence-electron chi connectivity index (χ3n) is 1.22. The minimum Gasteiger partial charge on any atom is -0.194 e. The Morgan fingerprint density at radius 1 is 1.12 bits per heavy atom. The van der Waals surface area contributed by atoms with Crippen molar-refractivity contribution in [3.8, 4) is 0 Å². The third-order valence-corrected chi connectivity index (χ3v) is 3.54. The predicted octanol–water partition coefficient (Wildman–Crippen LogP) is 4.71. The Kier molecular flexibility index (Phi) is 15.4. The lowest BCUT2D eigenvalue weighted by Gasteiger charge is -1.94. The lowest BCUT2D eigenvalue weighted by atomic mass is 11.0. The fraction of sp³-hybridized carbons (Fsp3) is 1.00. The van der Waals surface area contributed by atoms with E-state index in [0.717, 1.165) is 6.16 Å². The molecule has 16 heavy (non-hydrogen) atoms. The van der Waals surface area contributed by atoms with Crippen LogP contribution in [0.25, 0.3) is 20.9 Å². The van der Waals surface area contributed by atoms with Crippen molar-refractivity contribution in [3.05, 3.63) is 20.9 Å². The van der Waals surface area contributed by atoms with Gasteiger partial charge in [-0.2, -0.15) is 10.00 Å². The Morgan fingerprint density at radius 3 is 2.06 bits per heavy atom. The summed E-state index contributed by atoms with van der Waals surface area (Å²) >= 11 is 0. The van der Waals surface area contributed by atoms with E-state index in [9.17, 15) is 0 Å². The van der Waals surface area contributed by atoms with Gasteiger partial charge >= 0.3 is 0 Å². The molecule has 8 nitrogen and oxygen atoms in total. The molecule has 0 bridgehead atoms. The molecular formula is C6H16N8P2. The summed E-state index contributed by atoms with van der Waals surface area (Å²) in [4.78, 5) is 12.4. The fourth-order valence-electron chi connectivity index (χ4n) is 0.432. The summed E-state index contributed by atoms with van der Waals surface area (Å²) in [5, 5.41) is 6.90. The first kappa shape index (κ1) is 17.5. The van der Waals surface area contributed by atoms with Crippen molar-refractivity contribution in [1.82, 2.24) is 0 Å². The van der Waals surface area contributed by atoms with E-state index in [2.05, 4.69) is 43.4 Å². The molecule has 0 heterocycles. The summed E-state index contributed by atoms with van der Waals surface area (Å²) in [7, 11) is 0.798. The van der Waals surface area contributed by atoms with E-state index in [1.807, 2.05) is 0 Å². The zero-order valence-corrected chi connectivity index (χ0v) is 11.7. The van der Waals surface area contributed by atoms with Gasteiger partial charge in [-0.15, -0.1) is 0 Å². The minimum absolute atomic E-state index is 0.120. The Bertz CT molecular complexity index is 280. The van der Waals surface area contributed by atoms with E-state index in [-0.39, 0.29) is 14.4 Å². The molecule has 10 heteroatoms. The van der Waals surface area contributed by atoms with Crippen molar-refractivity contribution in [2.24, 2.45) is 20.0 Å². The molecule has 2 atom stereocenters. The van der Waals surface area contributed by atoms with Crippen molar-refractivity contribution in [2.45, 2.75) is 6.92 Å². The van der Waals surface area contributed by atoms with Gasteiger partial charge < -0.3 is 0 Å². The third kappa shape index (κ3) is 15.5. The van der Waals surface area contributed by atoms with Crippen LogP contribution in [0.5, 0.6) is 0 Å². The lowest BCUT2D eigenvalue weighted by molar-refractivity contribution is 1.23. The van der Waals surface area contributed by atoms with E-state index >= 15 is 0 Å². The van der Waals surface area contributed by atoms with Crippen LogP contribution in [0.4, 0.5) is 0 Å². The molecule has 0 radical (unpaired) electrons. The Labute approximate surface area is 97.4 Å². The minimum atomic E-state index is -0.799. The molecule has 0 aliphatic heterocycles. The zero-order valence-electron chi connectivity index (χ0n) is 9.89. The van der Waals surface area contributed by atoms with Gasteiger partial charge in [-0.25, -0.2) is 0 Å². The molecule has 0 rings (SSSR count). The summed E-state index contributed by atoms with van der Waals surface area (Å²) in [5.41, 5.74) is 15.7. The van der Waals surface area contributed by atoms with Gasteiger partial charge in [0, 0.05) is 24.9 Å². The highest BCUT2D eigenvalue weighted by Gasteiger charge is 1.91. The van der Waals surface area contributed by atoms with Crippen LogP contribution in [0.3, 0.4) is 0 Å². The number of rotatable bonds is 5. The largest absolute Gasteiger partial charge is 0.194 e. The van der Waals surface area contributed by atoms with Crippen LogP contribution in [0.2, 0.25) is 0 Å². The van der Waals surface area contributed by atoms with Crippen LogP contribution in [-0.4, -0.2) is 32.8 Å².